The van der Waals surface area contributed by atoms with Crippen LogP contribution >= 0.6 is 11.8 Å². The fraction of sp³-hybridized carbons (Fsp3) is 0.421. The standard InChI is InChI=1S/C19H21NOS/c1-14-8-10-19(11-9-14)20(18(21)13-22-19)17-7-6-15-4-2-3-5-16(15)12-17/h2-7,12,14H,8-11,13H2,1H3. The van der Waals surface area contributed by atoms with Crippen LogP contribution in [0.4, 0.5) is 5.69 Å². The Bertz CT molecular complexity index is 718. The third-order valence-corrected chi connectivity index (χ3v) is 6.69. The minimum Gasteiger partial charge on any atom is -0.296 e. The summed E-state index contributed by atoms with van der Waals surface area (Å²) in [6.45, 7) is 2.33. The van der Waals surface area contributed by atoms with E-state index in [9.17, 15) is 4.79 Å². The molecule has 3 heteroatoms. The highest BCUT2D eigenvalue weighted by molar-refractivity contribution is 8.02. The zero-order valence-electron chi connectivity index (χ0n) is 12.9. The molecule has 1 spiro atoms. The second kappa shape index (κ2) is 5.31. The van der Waals surface area contributed by atoms with Gasteiger partial charge in [0, 0.05) is 5.69 Å². The summed E-state index contributed by atoms with van der Waals surface area (Å²) >= 11 is 1.86. The maximum Gasteiger partial charge on any atom is 0.238 e. The van der Waals surface area contributed by atoms with Crippen molar-refractivity contribution in [3.63, 3.8) is 0 Å². The van der Waals surface area contributed by atoms with Crippen LogP contribution in [0.2, 0.25) is 0 Å². The van der Waals surface area contributed by atoms with Crippen molar-refractivity contribution in [1.29, 1.82) is 0 Å². The van der Waals surface area contributed by atoms with Crippen LogP contribution in [-0.4, -0.2) is 16.5 Å². The molecular formula is C19H21NOS. The lowest BCUT2D eigenvalue weighted by atomic mass is 9.85. The van der Waals surface area contributed by atoms with Gasteiger partial charge in [-0.3, -0.25) is 9.69 Å². The first-order valence-electron chi connectivity index (χ1n) is 8.14. The van der Waals surface area contributed by atoms with E-state index in [1.807, 2.05) is 11.8 Å². The van der Waals surface area contributed by atoms with Crippen molar-refractivity contribution in [2.75, 3.05) is 10.7 Å². The highest BCUT2D eigenvalue weighted by Crippen LogP contribution is 2.50. The Labute approximate surface area is 135 Å². The molecule has 0 unspecified atom stereocenters. The average Bonchev–Trinajstić information content (AvgIpc) is 2.87. The van der Waals surface area contributed by atoms with Gasteiger partial charge in [-0.1, -0.05) is 37.3 Å². The number of rotatable bonds is 1. The minimum atomic E-state index is 0.00600. The summed E-state index contributed by atoms with van der Waals surface area (Å²) in [5.74, 6) is 1.69. The quantitative estimate of drug-likeness (QED) is 0.752. The normalized spacial score (nSPS) is 28.7. The Morgan fingerprint density at radius 2 is 1.82 bits per heavy atom. The summed E-state index contributed by atoms with van der Waals surface area (Å²) < 4.78 is 0. The molecule has 4 rings (SSSR count). The maximum absolute atomic E-state index is 12.6. The molecule has 0 radical (unpaired) electrons. The van der Waals surface area contributed by atoms with E-state index in [0.717, 1.165) is 24.4 Å². The molecule has 0 bridgehead atoms. The third-order valence-electron chi connectivity index (χ3n) is 5.17. The van der Waals surface area contributed by atoms with Crippen LogP contribution in [0, 0.1) is 5.92 Å². The lowest BCUT2D eigenvalue weighted by Gasteiger charge is -2.42. The molecular weight excluding hydrogens is 290 g/mol. The van der Waals surface area contributed by atoms with E-state index in [0.29, 0.717) is 5.75 Å². The number of anilines is 1. The van der Waals surface area contributed by atoms with E-state index in [2.05, 4.69) is 54.3 Å². The Morgan fingerprint density at radius 1 is 1.09 bits per heavy atom. The largest absolute Gasteiger partial charge is 0.296 e. The van der Waals surface area contributed by atoms with E-state index < -0.39 is 0 Å². The van der Waals surface area contributed by atoms with Gasteiger partial charge in [-0.05, 0) is 54.5 Å². The number of hydrogen-bond donors (Lipinski definition) is 0. The maximum atomic E-state index is 12.6. The summed E-state index contributed by atoms with van der Waals surface area (Å²) in [4.78, 5) is 14.7. The Hall–Kier alpha value is -1.48. The monoisotopic (exact) mass is 311 g/mol. The Balaban J connectivity index is 1.75. The molecule has 22 heavy (non-hydrogen) atoms. The predicted octanol–water partition coefficient (Wildman–Crippen LogP) is 4.83. The van der Waals surface area contributed by atoms with Gasteiger partial charge in [-0.2, -0.15) is 0 Å². The van der Waals surface area contributed by atoms with Crippen LogP contribution in [0.15, 0.2) is 42.5 Å². The smallest absolute Gasteiger partial charge is 0.238 e. The lowest BCUT2D eigenvalue weighted by molar-refractivity contribution is -0.116. The molecule has 1 heterocycles. The lowest BCUT2D eigenvalue weighted by Crippen LogP contribution is -2.46. The van der Waals surface area contributed by atoms with Crippen molar-refractivity contribution in [3.05, 3.63) is 42.5 Å². The zero-order valence-corrected chi connectivity index (χ0v) is 13.7. The number of carbonyl (C=O) groups excluding carboxylic acids is 1. The Kier molecular flexibility index (Phi) is 3.41. The number of benzene rings is 2. The average molecular weight is 311 g/mol. The summed E-state index contributed by atoms with van der Waals surface area (Å²) in [5.41, 5.74) is 1.07. The van der Waals surface area contributed by atoms with Crippen molar-refractivity contribution in [2.45, 2.75) is 37.5 Å². The fourth-order valence-electron chi connectivity index (χ4n) is 3.83. The first kappa shape index (κ1) is 14.1. The number of fused-ring (bicyclic) bond motifs is 1. The third kappa shape index (κ3) is 2.23. The number of amides is 1. The van der Waals surface area contributed by atoms with Gasteiger partial charge in [0.1, 0.15) is 0 Å². The van der Waals surface area contributed by atoms with E-state index in [4.69, 9.17) is 0 Å². The molecule has 2 aromatic rings. The van der Waals surface area contributed by atoms with E-state index in [-0.39, 0.29) is 10.8 Å². The van der Waals surface area contributed by atoms with Crippen molar-refractivity contribution in [3.8, 4) is 0 Å². The van der Waals surface area contributed by atoms with Crippen LogP contribution in [0.25, 0.3) is 10.8 Å². The van der Waals surface area contributed by atoms with Gasteiger partial charge in [0.05, 0.1) is 10.6 Å². The van der Waals surface area contributed by atoms with Crippen LogP contribution in [0.3, 0.4) is 0 Å². The number of thioether (sulfide) groups is 1. The first-order chi connectivity index (χ1) is 10.7. The summed E-state index contributed by atoms with van der Waals surface area (Å²) in [6, 6.07) is 14.8. The van der Waals surface area contributed by atoms with Gasteiger partial charge in [0.2, 0.25) is 5.91 Å². The van der Waals surface area contributed by atoms with E-state index in [1.54, 1.807) is 0 Å². The summed E-state index contributed by atoms with van der Waals surface area (Å²) in [7, 11) is 0. The van der Waals surface area contributed by atoms with Crippen LogP contribution in [0.5, 0.6) is 0 Å². The number of nitrogens with zero attached hydrogens (tertiary/aromatic N) is 1. The molecule has 2 nitrogen and oxygen atoms in total. The molecule has 0 atom stereocenters. The van der Waals surface area contributed by atoms with Gasteiger partial charge in [-0.25, -0.2) is 0 Å². The number of carbonyl (C=O) groups is 1. The fourth-order valence-corrected chi connectivity index (χ4v) is 5.21. The Morgan fingerprint density at radius 3 is 2.59 bits per heavy atom. The van der Waals surface area contributed by atoms with E-state index in [1.165, 1.54) is 23.6 Å². The highest BCUT2D eigenvalue weighted by Gasteiger charge is 2.48. The molecule has 1 aliphatic carbocycles. The predicted molar refractivity (Wildman–Crippen MR) is 94.3 cm³/mol. The highest BCUT2D eigenvalue weighted by atomic mass is 32.2. The molecule has 2 fully saturated rings. The van der Waals surface area contributed by atoms with Crippen LogP contribution in [-0.2, 0) is 4.79 Å². The van der Waals surface area contributed by atoms with Crippen molar-refractivity contribution < 1.29 is 4.79 Å². The van der Waals surface area contributed by atoms with Crippen LogP contribution in [0.1, 0.15) is 32.6 Å². The van der Waals surface area contributed by atoms with Crippen molar-refractivity contribution >= 4 is 34.1 Å². The molecule has 114 valence electrons. The SMILES string of the molecule is CC1CCC2(CC1)SCC(=O)N2c1ccc2ccccc2c1. The molecule has 1 saturated carbocycles. The van der Waals surface area contributed by atoms with Gasteiger partial charge in [0.25, 0.3) is 0 Å². The van der Waals surface area contributed by atoms with Gasteiger partial charge >= 0.3 is 0 Å². The molecule has 0 N–H and O–H groups in total. The summed E-state index contributed by atoms with van der Waals surface area (Å²) in [6.07, 6.45) is 4.70. The molecule has 2 aromatic carbocycles. The van der Waals surface area contributed by atoms with Gasteiger partial charge < -0.3 is 0 Å². The summed E-state index contributed by atoms with van der Waals surface area (Å²) in [5, 5.41) is 2.45. The molecule has 1 amide bonds. The number of hydrogen-bond acceptors (Lipinski definition) is 2. The van der Waals surface area contributed by atoms with Crippen LogP contribution < -0.4 is 4.90 Å². The minimum absolute atomic E-state index is 0.00600. The molecule has 2 aliphatic rings. The molecule has 0 aromatic heterocycles. The van der Waals surface area contributed by atoms with Gasteiger partial charge in [-0.15, -0.1) is 11.8 Å². The van der Waals surface area contributed by atoms with Gasteiger partial charge in [0.15, 0.2) is 0 Å². The molecule has 1 aliphatic heterocycles. The van der Waals surface area contributed by atoms with Crippen molar-refractivity contribution in [2.24, 2.45) is 5.92 Å². The zero-order chi connectivity index (χ0) is 15.2. The van der Waals surface area contributed by atoms with Crippen molar-refractivity contribution in [1.82, 2.24) is 0 Å². The topological polar surface area (TPSA) is 20.3 Å². The molecule has 1 saturated heterocycles. The second-order valence-electron chi connectivity index (χ2n) is 6.68. The van der Waals surface area contributed by atoms with E-state index >= 15 is 0 Å². The first-order valence-corrected chi connectivity index (χ1v) is 9.12. The second-order valence-corrected chi connectivity index (χ2v) is 8.02.